The molecule has 0 bridgehead atoms. The lowest BCUT2D eigenvalue weighted by molar-refractivity contribution is 0.0913. The molecule has 4 nitrogen and oxygen atoms in total. The molecule has 1 fully saturated rings. The normalized spacial score (nSPS) is 23.6. The molecule has 0 saturated carbocycles. The lowest BCUT2D eigenvalue weighted by atomic mass is 9.93. The topological polar surface area (TPSA) is 57.6 Å². The molecule has 1 atom stereocenters. The number of nitrogens with zero attached hydrogens (tertiary/aromatic N) is 1. The van der Waals surface area contributed by atoms with E-state index in [1.807, 2.05) is 0 Å². The van der Waals surface area contributed by atoms with Gasteiger partial charge in [0.05, 0.1) is 6.10 Å². The van der Waals surface area contributed by atoms with Crippen LogP contribution in [0.5, 0.6) is 0 Å². The average molecular weight is 286 g/mol. The van der Waals surface area contributed by atoms with Gasteiger partial charge in [0, 0.05) is 13.1 Å². The first kappa shape index (κ1) is 12.4. The van der Waals surface area contributed by atoms with Crippen LogP contribution < -0.4 is 0 Å². The highest BCUT2D eigenvalue weighted by Crippen LogP contribution is 2.22. The van der Waals surface area contributed by atoms with Crippen LogP contribution in [0.4, 0.5) is 0 Å². The maximum atomic E-state index is 11.4. The molecule has 0 aromatic heterocycles. The number of rotatable bonds is 3. The fourth-order valence-electron chi connectivity index (χ4n) is 1.71. The zero-order chi connectivity index (χ0) is 10.8. The van der Waals surface area contributed by atoms with Crippen LogP contribution in [0.1, 0.15) is 19.8 Å². The summed E-state index contributed by atoms with van der Waals surface area (Å²) >= 11 is 2.97. The van der Waals surface area contributed by atoms with E-state index in [1.54, 1.807) is 6.92 Å². The highest BCUT2D eigenvalue weighted by Gasteiger charge is 2.28. The predicted octanol–water partition coefficient (Wildman–Crippen LogP) is 0.761. The van der Waals surface area contributed by atoms with Gasteiger partial charge in [0.1, 0.15) is 4.66 Å². The number of piperidine rings is 1. The van der Waals surface area contributed by atoms with Crippen LogP contribution in [0.2, 0.25) is 0 Å². The van der Waals surface area contributed by atoms with E-state index in [0.717, 1.165) is 12.8 Å². The maximum Gasteiger partial charge on any atom is 0.224 e. The summed E-state index contributed by atoms with van der Waals surface area (Å²) in [5.74, 6) is 0.247. The first-order valence-corrected chi connectivity index (χ1v) is 7.42. The van der Waals surface area contributed by atoms with Gasteiger partial charge in [-0.05, 0) is 25.7 Å². The Labute approximate surface area is 93.5 Å². The van der Waals surface area contributed by atoms with Crippen LogP contribution in [-0.2, 0) is 10.0 Å². The molecule has 0 aromatic rings. The molecular weight excluding hydrogens is 270 g/mol. The number of sulfonamides is 1. The van der Waals surface area contributed by atoms with Crippen molar-refractivity contribution in [1.29, 1.82) is 0 Å². The minimum atomic E-state index is -3.10. The highest BCUT2D eigenvalue weighted by atomic mass is 79.9. The molecule has 0 aromatic carbocycles. The van der Waals surface area contributed by atoms with Gasteiger partial charge < -0.3 is 5.11 Å². The summed E-state index contributed by atoms with van der Waals surface area (Å²) in [6, 6.07) is 0. The highest BCUT2D eigenvalue weighted by molar-refractivity contribution is 9.10. The molecule has 14 heavy (non-hydrogen) atoms. The van der Waals surface area contributed by atoms with Crippen molar-refractivity contribution in [3.8, 4) is 0 Å². The summed E-state index contributed by atoms with van der Waals surface area (Å²) in [5.41, 5.74) is 0. The van der Waals surface area contributed by atoms with Gasteiger partial charge in [-0.1, -0.05) is 15.9 Å². The molecule has 1 aliphatic heterocycles. The smallest absolute Gasteiger partial charge is 0.224 e. The standard InChI is InChI=1S/C8H16BrNO3S/c1-7(11)8-2-4-10(5-3-8)14(12,13)6-9/h7-8,11H,2-6H2,1H3. The number of aliphatic hydroxyl groups excluding tert-OH is 1. The number of halogens is 1. The maximum absolute atomic E-state index is 11.4. The molecule has 1 rings (SSSR count). The summed E-state index contributed by atoms with van der Waals surface area (Å²) in [6.07, 6.45) is 1.18. The van der Waals surface area contributed by atoms with Crippen molar-refractivity contribution < 1.29 is 13.5 Å². The Morgan fingerprint density at radius 2 is 2.00 bits per heavy atom. The second kappa shape index (κ2) is 4.92. The molecular formula is C8H16BrNO3S. The van der Waals surface area contributed by atoms with Gasteiger partial charge in [0.15, 0.2) is 0 Å². The summed E-state index contributed by atoms with van der Waals surface area (Å²) in [7, 11) is -3.10. The van der Waals surface area contributed by atoms with E-state index in [1.165, 1.54) is 4.31 Å². The number of alkyl halides is 1. The summed E-state index contributed by atoms with van der Waals surface area (Å²) in [4.78, 5) is 0. The van der Waals surface area contributed by atoms with Crippen LogP contribution in [-0.4, -0.2) is 41.7 Å². The van der Waals surface area contributed by atoms with Crippen molar-refractivity contribution in [2.24, 2.45) is 5.92 Å². The van der Waals surface area contributed by atoms with Gasteiger partial charge in [-0.3, -0.25) is 0 Å². The second-order valence-electron chi connectivity index (χ2n) is 3.70. The molecule has 1 unspecified atom stereocenters. The van der Waals surface area contributed by atoms with E-state index in [0.29, 0.717) is 13.1 Å². The van der Waals surface area contributed by atoms with E-state index in [-0.39, 0.29) is 16.7 Å². The first-order valence-electron chi connectivity index (χ1n) is 4.69. The molecule has 1 N–H and O–H groups in total. The van der Waals surface area contributed by atoms with Crippen molar-refractivity contribution in [3.63, 3.8) is 0 Å². The Kier molecular flexibility index (Phi) is 4.36. The van der Waals surface area contributed by atoms with E-state index in [9.17, 15) is 13.5 Å². The van der Waals surface area contributed by atoms with Gasteiger partial charge in [-0.15, -0.1) is 0 Å². The van der Waals surface area contributed by atoms with Crippen LogP contribution >= 0.6 is 15.9 Å². The third-order valence-corrected chi connectivity index (χ3v) is 5.88. The van der Waals surface area contributed by atoms with Crippen LogP contribution in [0.15, 0.2) is 0 Å². The average Bonchev–Trinajstić information content (AvgIpc) is 2.18. The van der Waals surface area contributed by atoms with Gasteiger partial charge in [-0.2, -0.15) is 0 Å². The van der Waals surface area contributed by atoms with Crippen molar-refractivity contribution in [2.75, 3.05) is 17.8 Å². The number of hydrogen-bond donors (Lipinski definition) is 1. The lowest BCUT2D eigenvalue weighted by Crippen LogP contribution is -2.41. The predicted molar refractivity (Wildman–Crippen MR) is 58.7 cm³/mol. The van der Waals surface area contributed by atoms with Crippen molar-refractivity contribution in [2.45, 2.75) is 25.9 Å². The monoisotopic (exact) mass is 285 g/mol. The largest absolute Gasteiger partial charge is 0.393 e. The van der Waals surface area contributed by atoms with Crippen molar-refractivity contribution >= 4 is 26.0 Å². The molecule has 0 amide bonds. The molecule has 1 heterocycles. The Bertz CT molecular complexity index is 270. The van der Waals surface area contributed by atoms with Gasteiger partial charge in [0.2, 0.25) is 10.0 Å². The van der Waals surface area contributed by atoms with E-state index < -0.39 is 10.0 Å². The fraction of sp³-hybridized carbons (Fsp3) is 1.00. The lowest BCUT2D eigenvalue weighted by Gasteiger charge is -2.31. The molecule has 0 radical (unpaired) electrons. The SMILES string of the molecule is CC(O)C1CCN(S(=O)(=O)CBr)CC1. The Morgan fingerprint density at radius 3 is 2.36 bits per heavy atom. The molecule has 84 valence electrons. The van der Waals surface area contributed by atoms with E-state index in [4.69, 9.17) is 0 Å². The van der Waals surface area contributed by atoms with E-state index in [2.05, 4.69) is 15.9 Å². The number of hydrogen-bond acceptors (Lipinski definition) is 3. The molecule has 1 saturated heterocycles. The van der Waals surface area contributed by atoms with E-state index >= 15 is 0 Å². The summed E-state index contributed by atoms with van der Waals surface area (Å²) in [5, 5.41) is 9.35. The van der Waals surface area contributed by atoms with Gasteiger partial charge in [0.25, 0.3) is 0 Å². The second-order valence-corrected chi connectivity index (χ2v) is 6.97. The zero-order valence-electron chi connectivity index (χ0n) is 8.19. The molecule has 0 aliphatic carbocycles. The minimum absolute atomic E-state index is 0.0145. The van der Waals surface area contributed by atoms with Crippen LogP contribution in [0.3, 0.4) is 0 Å². The Balaban J connectivity index is 2.52. The Hall–Kier alpha value is 0.350. The molecule has 6 heteroatoms. The van der Waals surface area contributed by atoms with Crippen LogP contribution in [0, 0.1) is 5.92 Å². The van der Waals surface area contributed by atoms with Crippen molar-refractivity contribution in [3.05, 3.63) is 0 Å². The van der Waals surface area contributed by atoms with Gasteiger partial charge in [-0.25, -0.2) is 12.7 Å². The third-order valence-electron chi connectivity index (χ3n) is 2.71. The van der Waals surface area contributed by atoms with Crippen LogP contribution in [0.25, 0.3) is 0 Å². The summed E-state index contributed by atoms with van der Waals surface area (Å²) < 4.78 is 24.4. The quantitative estimate of drug-likeness (QED) is 0.779. The van der Waals surface area contributed by atoms with Gasteiger partial charge >= 0.3 is 0 Å². The fourth-order valence-corrected chi connectivity index (χ4v) is 3.48. The number of aliphatic hydroxyl groups is 1. The zero-order valence-corrected chi connectivity index (χ0v) is 10.6. The Morgan fingerprint density at radius 1 is 1.50 bits per heavy atom. The minimum Gasteiger partial charge on any atom is -0.393 e. The van der Waals surface area contributed by atoms with Crippen molar-refractivity contribution in [1.82, 2.24) is 4.31 Å². The summed E-state index contributed by atoms with van der Waals surface area (Å²) in [6.45, 7) is 2.83. The third kappa shape index (κ3) is 2.92. The first-order chi connectivity index (χ1) is 6.47. The molecule has 1 aliphatic rings. The molecule has 0 spiro atoms.